The minimum absolute atomic E-state index is 0.351. The Balaban J connectivity index is 1.42. The number of nitrogens with zero attached hydrogens (tertiary/aromatic N) is 1. The van der Waals surface area contributed by atoms with E-state index in [1.807, 2.05) is 24.3 Å². The maximum atomic E-state index is 5.89. The van der Waals surface area contributed by atoms with Crippen LogP contribution in [0.4, 0.5) is 11.6 Å². The molecule has 0 bridgehead atoms. The lowest BCUT2D eigenvalue weighted by Crippen LogP contribution is -2.12. The van der Waals surface area contributed by atoms with Crippen LogP contribution in [-0.2, 0) is 6.54 Å². The number of anilines is 2. The van der Waals surface area contributed by atoms with Crippen LogP contribution < -0.4 is 21.5 Å². The van der Waals surface area contributed by atoms with Gasteiger partial charge >= 0.3 is 0 Å². The van der Waals surface area contributed by atoms with Gasteiger partial charge in [0.15, 0.2) is 0 Å². The highest BCUT2D eigenvalue weighted by Crippen LogP contribution is 2.31. The third-order valence-electron chi connectivity index (χ3n) is 4.47. The Morgan fingerprint density at radius 3 is 2.85 bits per heavy atom. The number of furan rings is 1. The fraction of sp³-hybridized carbons (Fsp3) is 0.250. The molecule has 0 unspecified atom stereocenters. The van der Waals surface area contributed by atoms with Crippen LogP contribution >= 0.6 is 0 Å². The average Bonchev–Trinajstić information content (AvgIpc) is 3.35. The van der Waals surface area contributed by atoms with Gasteiger partial charge in [0, 0.05) is 16.6 Å². The highest BCUT2D eigenvalue weighted by molar-refractivity contribution is 5.79. The molecule has 6 nitrogen and oxygen atoms in total. The second-order valence-corrected chi connectivity index (χ2v) is 6.67. The van der Waals surface area contributed by atoms with Gasteiger partial charge < -0.3 is 25.9 Å². The number of hydrogen-bond donors (Lipinski definition) is 3. The second kappa shape index (κ2) is 6.63. The van der Waals surface area contributed by atoms with Crippen LogP contribution in [0.5, 0.6) is 5.75 Å². The average molecular weight is 350 g/mol. The molecule has 4 rings (SSSR count). The third-order valence-corrected chi connectivity index (χ3v) is 4.47. The summed E-state index contributed by atoms with van der Waals surface area (Å²) in [5.74, 6) is 3.16. The van der Waals surface area contributed by atoms with Gasteiger partial charge in [0.05, 0.1) is 13.2 Å². The maximum Gasteiger partial charge on any atom is 0.135 e. The Kier molecular flexibility index (Phi) is 4.16. The highest BCUT2D eigenvalue weighted by atomic mass is 16.5. The van der Waals surface area contributed by atoms with E-state index in [0.717, 1.165) is 40.6 Å². The van der Waals surface area contributed by atoms with Gasteiger partial charge in [0.2, 0.25) is 0 Å². The van der Waals surface area contributed by atoms with E-state index in [1.54, 1.807) is 12.1 Å². The molecular weight excluding hydrogens is 328 g/mol. The molecule has 0 atom stereocenters. The first-order valence-electron chi connectivity index (χ1n) is 8.69. The van der Waals surface area contributed by atoms with Crippen LogP contribution in [0.25, 0.3) is 16.7 Å². The Labute approximate surface area is 151 Å². The van der Waals surface area contributed by atoms with Crippen molar-refractivity contribution in [2.45, 2.75) is 19.4 Å². The lowest BCUT2D eigenvalue weighted by molar-refractivity contribution is 0.300. The lowest BCUT2D eigenvalue weighted by atomic mass is 10.2. The summed E-state index contributed by atoms with van der Waals surface area (Å²) in [6, 6.07) is 11.4. The number of nitrogen functional groups attached to an aromatic ring is 2. The van der Waals surface area contributed by atoms with E-state index in [2.05, 4.69) is 16.9 Å². The van der Waals surface area contributed by atoms with Gasteiger partial charge in [-0.15, -0.1) is 0 Å². The van der Waals surface area contributed by atoms with Crippen molar-refractivity contribution in [3.63, 3.8) is 0 Å². The second-order valence-electron chi connectivity index (χ2n) is 6.67. The summed E-state index contributed by atoms with van der Waals surface area (Å²) < 4.78 is 11.7. The summed E-state index contributed by atoms with van der Waals surface area (Å²) in [5, 5.41) is 4.24. The van der Waals surface area contributed by atoms with Gasteiger partial charge in [-0.1, -0.05) is 6.58 Å². The van der Waals surface area contributed by atoms with Gasteiger partial charge in [0.1, 0.15) is 28.7 Å². The number of rotatable bonds is 7. The molecule has 0 saturated heterocycles. The normalized spacial score (nSPS) is 13.7. The van der Waals surface area contributed by atoms with Crippen molar-refractivity contribution in [3.05, 3.63) is 54.3 Å². The van der Waals surface area contributed by atoms with E-state index >= 15 is 0 Å². The summed E-state index contributed by atoms with van der Waals surface area (Å²) in [5.41, 5.74) is 13.7. The van der Waals surface area contributed by atoms with Crippen molar-refractivity contribution < 1.29 is 9.15 Å². The number of benzene rings is 1. The standard InChI is InChI=1S/C20H22N4O2/c1-12(17-5-7-19(21)24-20(17)22)23-10-16-9-14-8-15(4-6-18(14)26-16)25-11-13-2-3-13/h4-9,13,23H,1-3,10-11H2,(H4,21,22,24). The molecular formula is C20H22N4O2. The molecule has 0 spiro atoms. The molecule has 2 aromatic heterocycles. The Bertz CT molecular complexity index is 960. The summed E-state index contributed by atoms with van der Waals surface area (Å²) >= 11 is 0. The van der Waals surface area contributed by atoms with Gasteiger partial charge in [-0.2, -0.15) is 0 Å². The molecule has 1 aromatic carbocycles. The molecule has 1 fully saturated rings. The van der Waals surface area contributed by atoms with Gasteiger partial charge in [0.25, 0.3) is 0 Å². The van der Waals surface area contributed by atoms with Crippen molar-refractivity contribution in [2.75, 3.05) is 18.1 Å². The molecule has 26 heavy (non-hydrogen) atoms. The van der Waals surface area contributed by atoms with Crippen LogP contribution in [0.1, 0.15) is 24.2 Å². The molecule has 6 heteroatoms. The van der Waals surface area contributed by atoms with Crippen molar-refractivity contribution in [1.82, 2.24) is 10.3 Å². The number of ether oxygens (including phenoxy) is 1. The van der Waals surface area contributed by atoms with Gasteiger partial charge in [-0.3, -0.25) is 0 Å². The quantitative estimate of drug-likeness (QED) is 0.603. The molecule has 1 saturated carbocycles. The first kappa shape index (κ1) is 16.3. The minimum Gasteiger partial charge on any atom is -0.493 e. The minimum atomic E-state index is 0.351. The molecule has 3 aromatic rings. The Morgan fingerprint density at radius 2 is 2.08 bits per heavy atom. The van der Waals surface area contributed by atoms with E-state index < -0.39 is 0 Å². The fourth-order valence-corrected chi connectivity index (χ4v) is 2.79. The molecule has 1 aliphatic rings. The summed E-state index contributed by atoms with van der Waals surface area (Å²) in [6.07, 6.45) is 2.56. The number of nitrogens with two attached hydrogens (primary N) is 2. The maximum absolute atomic E-state index is 5.89. The van der Waals surface area contributed by atoms with E-state index in [1.165, 1.54) is 12.8 Å². The largest absolute Gasteiger partial charge is 0.493 e. The van der Waals surface area contributed by atoms with Crippen molar-refractivity contribution in [2.24, 2.45) is 5.92 Å². The molecule has 134 valence electrons. The van der Waals surface area contributed by atoms with Crippen molar-refractivity contribution in [3.8, 4) is 5.75 Å². The molecule has 5 N–H and O–H groups in total. The van der Waals surface area contributed by atoms with Crippen LogP contribution in [0, 0.1) is 5.92 Å². The van der Waals surface area contributed by atoms with Crippen molar-refractivity contribution in [1.29, 1.82) is 0 Å². The van der Waals surface area contributed by atoms with Crippen LogP contribution in [0.2, 0.25) is 0 Å². The topological polar surface area (TPSA) is 99.3 Å². The summed E-state index contributed by atoms with van der Waals surface area (Å²) in [4.78, 5) is 4.05. The summed E-state index contributed by atoms with van der Waals surface area (Å²) in [6.45, 7) is 5.31. The van der Waals surface area contributed by atoms with Crippen LogP contribution in [0.15, 0.2) is 47.4 Å². The fourth-order valence-electron chi connectivity index (χ4n) is 2.79. The number of fused-ring (bicyclic) bond motifs is 1. The Morgan fingerprint density at radius 1 is 1.23 bits per heavy atom. The first-order chi connectivity index (χ1) is 12.6. The zero-order valence-electron chi connectivity index (χ0n) is 14.5. The smallest absolute Gasteiger partial charge is 0.135 e. The molecule has 2 heterocycles. The predicted octanol–water partition coefficient (Wildman–Crippen LogP) is 3.54. The lowest BCUT2D eigenvalue weighted by Gasteiger charge is -2.10. The number of aromatic nitrogens is 1. The highest BCUT2D eigenvalue weighted by Gasteiger charge is 2.22. The number of hydrogen-bond acceptors (Lipinski definition) is 6. The zero-order valence-corrected chi connectivity index (χ0v) is 14.5. The van der Waals surface area contributed by atoms with E-state index in [-0.39, 0.29) is 0 Å². The monoisotopic (exact) mass is 350 g/mol. The summed E-state index contributed by atoms with van der Waals surface area (Å²) in [7, 11) is 0. The van der Waals surface area contributed by atoms with E-state index in [0.29, 0.717) is 23.9 Å². The van der Waals surface area contributed by atoms with E-state index in [9.17, 15) is 0 Å². The van der Waals surface area contributed by atoms with Crippen LogP contribution in [-0.4, -0.2) is 11.6 Å². The molecule has 0 radical (unpaired) electrons. The molecule has 0 aliphatic heterocycles. The SMILES string of the molecule is C=C(NCc1cc2cc(OCC3CC3)ccc2o1)c1ccc(N)nc1N. The number of nitrogens with one attached hydrogen (secondary N) is 1. The van der Waals surface area contributed by atoms with Gasteiger partial charge in [-0.25, -0.2) is 4.98 Å². The number of pyridine rings is 1. The predicted molar refractivity (Wildman–Crippen MR) is 103 cm³/mol. The first-order valence-corrected chi connectivity index (χ1v) is 8.69. The van der Waals surface area contributed by atoms with Crippen molar-refractivity contribution >= 4 is 28.3 Å². The van der Waals surface area contributed by atoms with E-state index in [4.69, 9.17) is 20.6 Å². The molecule has 1 aliphatic carbocycles. The molecule has 0 amide bonds. The Hall–Kier alpha value is -3.15. The van der Waals surface area contributed by atoms with Gasteiger partial charge in [-0.05, 0) is 55.2 Å². The zero-order chi connectivity index (χ0) is 18.1. The third kappa shape index (κ3) is 3.59. The van der Waals surface area contributed by atoms with Crippen LogP contribution in [0.3, 0.4) is 0 Å².